The Hall–Kier alpha value is -0.0900. The zero-order valence-corrected chi connectivity index (χ0v) is 11.5. The maximum atomic E-state index is 12.4. The molecular weight excluding hydrogens is 222 g/mol. The Kier molecular flexibility index (Phi) is 4.80. The van der Waals surface area contributed by atoms with Crippen LogP contribution in [0.15, 0.2) is 0 Å². The zero-order chi connectivity index (χ0) is 12.3. The molecule has 4 atom stereocenters. The minimum Gasteiger partial charge on any atom is -0.330 e. The zero-order valence-electron chi connectivity index (χ0n) is 10.6. The van der Waals surface area contributed by atoms with Gasteiger partial charge < -0.3 is 5.73 Å². The minimum atomic E-state index is -2.99. The van der Waals surface area contributed by atoms with Crippen LogP contribution in [0.3, 0.4) is 0 Å². The van der Waals surface area contributed by atoms with E-state index in [0.29, 0.717) is 18.9 Å². The highest BCUT2D eigenvalue weighted by Gasteiger charge is 2.39. The van der Waals surface area contributed by atoms with Crippen molar-refractivity contribution in [3.05, 3.63) is 0 Å². The molecule has 1 fully saturated rings. The van der Waals surface area contributed by atoms with Gasteiger partial charge in [-0.1, -0.05) is 20.3 Å². The van der Waals surface area contributed by atoms with Crippen LogP contribution in [0.4, 0.5) is 0 Å². The average Bonchev–Trinajstić information content (AvgIpc) is 2.27. The van der Waals surface area contributed by atoms with E-state index in [4.69, 9.17) is 5.73 Å². The Morgan fingerprint density at radius 1 is 1.38 bits per heavy atom. The predicted molar refractivity (Wildman–Crippen MR) is 68.0 cm³/mol. The van der Waals surface area contributed by atoms with E-state index in [0.717, 1.165) is 19.3 Å². The second-order valence-corrected chi connectivity index (χ2v) is 7.85. The third-order valence-corrected chi connectivity index (χ3v) is 6.93. The van der Waals surface area contributed by atoms with Crippen LogP contribution in [0, 0.1) is 11.8 Å². The van der Waals surface area contributed by atoms with Crippen molar-refractivity contribution in [2.45, 2.75) is 57.0 Å². The van der Waals surface area contributed by atoms with Crippen LogP contribution in [-0.4, -0.2) is 25.5 Å². The molecule has 16 heavy (non-hydrogen) atoms. The van der Waals surface area contributed by atoms with Crippen molar-refractivity contribution in [2.24, 2.45) is 17.6 Å². The smallest absolute Gasteiger partial charge is 0.156 e. The lowest BCUT2D eigenvalue weighted by Gasteiger charge is -2.35. The standard InChI is InChI=1S/C12H25NO2S/c1-4-10(3)16(14,15)12-7-9(2)5-6-11(12)8-13/h9-12H,4-8,13H2,1-3H3. The first-order chi connectivity index (χ1) is 7.43. The molecular formula is C12H25NO2S. The number of sulfone groups is 1. The van der Waals surface area contributed by atoms with E-state index in [1.165, 1.54) is 0 Å². The fraction of sp³-hybridized carbons (Fsp3) is 1.00. The van der Waals surface area contributed by atoms with E-state index >= 15 is 0 Å². The van der Waals surface area contributed by atoms with Crippen LogP contribution in [0.2, 0.25) is 0 Å². The molecule has 1 aliphatic rings. The molecule has 1 saturated carbocycles. The first-order valence-electron chi connectivity index (χ1n) is 6.36. The highest BCUT2D eigenvalue weighted by molar-refractivity contribution is 7.92. The Bertz CT molecular complexity index is 313. The molecule has 1 aliphatic carbocycles. The largest absolute Gasteiger partial charge is 0.330 e. The summed E-state index contributed by atoms with van der Waals surface area (Å²) in [6.45, 7) is 6.41. The summed E-state index contributed by atoms with van der Waals surface area (Å²) in [6, 6.07) is 0. The molecule has 0 heterocycles. The summed E-state index contributed by atoms with van der Waals surface area (Å²) in [5.74, 6) is 0.696. The Morgan fingerprint density at radius 2 is 2.00 bits per heavy atom. The second kappa shape index (κ2) is 5.50. The molecule has 4 unspecified atom stereocenters. The summed E-state index contributed by atoms with van der Waals surface area (Å²) < 4.78 is 24.8. The van der Waals surface area contributed by atoms with E-state index in [1.807, 2.05) is 13.8 Å². The first kappa shape index (κ1) is 14.0. The fourth-order valence-electron chi connectivity index (χ4n) is 2.59. The van der Waals surface area contributed by atoms with E-state index in [-0.39, 0.29) is 16.4 Å². The molecule has 4 heteroatoms. The van der Waals surface area contributed by atoms with Gasteiger partial charge in [-0.2, -0.15) is 0 Å². The predicted octanol–water partition coefficient (Wildman–Crippen LogP) is 1.96. The van der Waals surface area contributed by atoms with Crippen LogP contribution < -0.4 is 5.73 Å². The maximum absolute atomic E-state index is 12.4. The number of hydrogen-bond donors (Lipinski definition) is 1. The lowest BCUT2D eigenvalue weighted by Crippen LogP contribution is -2.42. The van der Waals surface area contributed by atoms with Gasteiger partial charge in [0.25, 0.3) is 0 Å². The molecule has 0 radical (unpaired) electrons. The van der Waals surface area contributed by atoms with Gasteiger partial charge in [0.15, 0.2) is 9.84 Å². The van der Waals surface area contributed by atoms with Crippen molar-refractivity contribution >= 4 is 9.84 Å². The average molecular weight is 247 g/mol. The maximum Gasteiger partial charge on any atom is 0.156 e. The van der Waals surface area contributed by atoms with Gasteiger partial charge in [0.05, 0.1) is 10.5 Å². The molecule has 0 spiro atoms. The molecule has 2 N–H and O–H groups in total. The normalized spacial score (nSPS) is 33.6. The van der Waals surface area contributed by atoms with Crippen LogP contribution in [-0.2, 0) is 9.84 Å². The molecule has 96 valence electrons. The van der Waals surface area contributed by atoms with Crippen LogP contribution in [0.1, 0.15) is 46.5 Å². The van der Waals surface area contributed by atoms with Crippen LogP contribution in [0.25, 0.3) is 0 Å². The summed E-state index contributed by atoms with van der Waals surface area (Å²) in [7, 11) is -2.99. The number of nitrogens with two attached hydrogens (primary N) is 1. The lowest BCUT2D eigenvalue weighted by molar-refractivity contribution is 0.295. The third kappa shape index (κ3) is 2.77. The fourth-order valence-corrected chi connectivity index (χ4v) is 5.04. The van der Waals surface area contributed by atoms with Gasteiger partial charge in [-0.15, -0.1) is 0 Å². The SMILES string of the molecule is CCC(C)S(=O)(=O)C1CC(C)CCC1CN. The van der Waals surface area contributed by atoms with Crippen molar-refractivity contribution < 1.29 is 8.42 Å². The quantitative estimate of drug-likeness (QED) is 0.826. The van der Waals surface area contributed by atoms with Gasteiger partial charge in [0.1, 0.15) is 0 Å². The first-order valence-corrected chi connectivity index (χ1v) is 7.97. The molecule has 0 aromatic rings. The summed E-state index contributed by atoms with van der Waals surface area (Å²) >= 11 is 0. The van der Waals surface area contributed by atoms with Gasteiger partial charge in [-0.05, 0) is 44.6 Å². The van der Waals surface area contributed by atoms with E-state index < -0.39 is 9.84 Å². The van der Waals surface area contributed by atoms with E-state index in [9.17, 15) is 8.42 Å². The molecule has 0 aromatic carbocycles. The Labute approximate surface area is 99.7 Å². The Morgan fingerprint density at radius 3 is 2.50 bits per heavy atom. The molecule has 3 nitrogen and oxygen atoms in total. The summed E-state index contributed by atoms with van der Waals surface area (Å²) in [5.41, 5.74) is 5.71. The third-order valence-electron chi connectivity index (χ3n) is 4.05. The van der Waals surface area contributed by atoms with Gasteiger partial charge in [0, 0.05) is 0 Å². The summed E-state index contributed by atoms with van der Waals surface area (Å²) in [6.07, 6.45) is 3.59. The summed E-state index contributed by atoms with van der Waals surface area (Å²) in [4.78, 5) is 0. The molecule has 0 aliphatic heterocycles. The minimum absolute atomic E-state index is 0.176. The van der Waals surface area contributed by atoms with E-state index in [1.54, 1.807) is 0 Å². The van der Waals surface area contributed by atoms with Crippen LogP contribution in [0.5, 0.6) is 0 Å². The Balaban J connectivity index is 2.89. The molecule has 0 saturated heterocycles. The van der Waals surface area contributed by atoms with Gasteiger partial charge in [-0.3, -0.25) is 0 Å². The lowest BCUT2D eigenvalue weighted by atomic mass is 9.82. The van der Waals surface area contributed by atoms with Crippen molar-refractivity contribution in [1.82, 2.24) is 0 Å². The molecule has 0 bridgehead atoms. The highest BCUT2D eigenvalue weighted by Crippen LogP contribution is 2.34. The van der Waals surface area contributed by atoms with E-state index in [2.05, 4.69) is 6.92 Å². The van der Waals surface area contributed by atoms with Crippen molar-refractivity contribution in [1.29, 1.82) is 0 Å². The van der Waals surface area contributed by atoms with Gasteiger partial charge >= 0.3 is 0 Å². The van der Waals surface area contributed by atoms with Crippen LogP contribution >= 0.6 is 0 Å². The van der Waals surface area contributed by atoms with Gasteiger partial charge in [0.2, 0.25) is 0 Å². The monoisotopic (exact) mass is 247 g/mol. The van der Waals surface area contributed by atoms with Crippen molar-refractivity contribution in [2.75, 3.05) is 6.54 Å². The number of hydrogen-bond acceptors (Lipinski definition) is 3. The van der Waals surface area contributed by atoms with Crippen molar-refractivity contribution in [3.63, 3.8) is 0 Å². The molecule has 1 rings (SSSR count). The highest BCUT2D eigenvalue weighted by atomic mass is 32.2. The van der Waals surface area contributed by atoms with Crippen molar-refractivity contribution in [3.8, 4) is 0 Å². The topological polar surface area (TPSA) is 60.2 Å². The molecule has 0 aromatic heterocycles. The number of rotatable bonds is 4. The van der Waals surface area contributed by atoms with Gasteiger partial charge in [-0.25, -0.2) is 8.42 Å². The summed E-state index contributed by atoms with van der Waals surface area (Å²) in [5, 5.41) is -0.423. The molecule has 0 amide bonds. The second-order valence-electron chi connectivity index (χ2n) is 5.26.